The molecule has 3 saturated carbocycles. The van der Waals surface area contributed by atoms with Crippen molar-refractivity contribution in [2.75, 3.05) is 0 Å². The van der Waals surface area contributed by atoms with E-state index in [1.54, 1.807) is 0 Å². The van der Waals surface area contributed by atoms with Crippen LogP contribution in [0.25, 0.3) is 0 Å². The van der Waals surface area contributed by atoms with Gasteiger partial charge in [0.1, 0.15) is 11.2 Å². The van der Waals surface area contributed by atoms with Crippen molar-refractivity contribution >= 4 is 5.97 Å². The van der Waals surface area contributed by atoms with Gasteiger partial charge in [-0.05, 0) is 32.1 Å². The Labute approximate surface area is 114 Å². The van der Waals surface area contributed by atoms with Crippen LogP contribution < -0.4 is 0 Å². The first kappa shape index (κ1) is 13.4. The van der Waals surface area contributed by atoms with Gasteiger partial charge in [0.2, 0.25) is 0 Å². The average Bonchev–Trinajstić information content (AvgIpc) is 2.48. The van der Waals surface area contributed by atoms with E-state index in [1.807, 2.05) is 0 Å². The standard InChI is InChI=1S/C15H24O4/c1-10(16)19-14-9-5-4-7-12(14)15(18)11(14)6-2-3-8-13(15)17/h11-13,17-18H,2-9H2,1H3/t11?,12?,13?,14-,15?/m0/s1. The molecule has 0 spiro atoms. The van der Waals surface area contributed by atoms with Gasteiger partial charge in [0.25, 0.3) is 0 Å². The van der Waals surface area contributed by atoms with Crippen LogP contribution >= 0.6 is 0 Å². The Morgan fingerprint density at radius 2 is 1.68 bits per heavy atom. The highest BCUT2D eigenvalue weighted by Gasteiger charge is 2.74. The number of aliphatic hydroxyl groups excluding tert-OH is 1. The van der Waals surface area contributed by atoms with E-state index in [2.05, 4.69) is 0 Å². The molecule has 0 aromatic rings. The summed E-state index contributed by atoms with van der Waals surface area (Å²) in [5, 5.41) is 21.3. The minimum atomic E-state index is -1.02. The number of carbonyl (C=O) groups excluding carboxylic acids is 1. The maximum absolute atomic E-state index is 11.5. The van der Waals surface area contributed by atoms with Crippen molar-refractivity contribution in [3.63, 3.8) is 0 Å². The summed E-state index contributed by atoms with van der Waals surface area (Å²) >= 11 is 0. The third-order valence-corrected chi connectivity index (χ3v) is 5.69. The Balaban J connectivity index is 1.95. The van der Waals surface area contributed by atoms with Crippen molar-refractivity contribution < 1.29 is 19.7 Å². The Morgan fingerprint density at radius 1 is 1.11 bits per heavy atom. The number of carbonyl (C=O) groups is 1. The van der Waals surface area contributed by atoms with E-state index in [4.69, 9.17) is 4.74 Å². The van der Waals surface area contributed by atoms with E-state index in [1.165, 1.54) is 6.92 Å². The quantitative estimate of drug-likeness (QED) is 0.711. The molecule has 0 heterocycles. The van der Waals surface area contributed by atoms with Crippen LogP contribution in [0.15, 0.2) is 0 Å². The van der Waals surface area contributed by atoms with Gasteiger partial charge < -0.3 is 14.9 Å². The first-order valence-electron chi connectivity index (χ1n) is 7.62. The monoisotopic (exact) mass is 268 g/mol. The summed E-state index contributed by atoms with van der Waals surface area (Å²) in [6.45, 7) is 1.45. The largest absolute Gasteiger partial charge is 0.458 e. The van der Waals surface area contributed by atoms with Crippen LogP contribution in [-0.2, 0) is 9.53 Å². The summed E-state index contributed by atoms with van der Waals surface area (Å²) < 4.78 is 5.71. The van der Waals surface area contributed by atoms with Crippen molar-refractivity contribution in [2.45, 2.75) is 75.6 Å². The topological polar surface area (TPSA) is 66.8 Å². The Morgan fingerprint density at radius 3 is 2.32 bits per heavy atom. The maximum atomic E-state index is 11.5. The molecule has 0 bridgehead atoms. The third kappa shape index (κ3) is 1.69. The molecule has 0 saturated heterocycles. The van der Waals surface area contributed by atoms with Crippen molar-refractivity contribution in [1.29, 1.82) is 0 Å². The van der Waals surface area contributed by atoms with Crippen LogP contribution in [0.4, 0.5) is 0 Å². The van der Waals surface area contributed by atoms with Gasteiger partial charge in [-0.3, -0.25) is 4.79 Å². The molecule has 3 aliphatic rings. The number of fused-ring (bicyclic) bond motifs is 4. The first-order valence-corrected chi connectivity index (χ1v) is 7.62. The second-order valence-electron chi connectivity index (χ2n) is 6.59. The summed E-state index contributed by atoms with van der Waals surface area (Å²) in [6, 6.07) is 0. The Hall–Kier alpha value is -0.610. The summed E-state index contributed by atoms with van der Waals surface area (Å²) in [5.74, 6) is -0.407. The van der Waals surface area contributed by atoms with Crippen molar-refractivity contribution in [1.82, 2.24) is 0 Å². The van der Waals surface area contributed by atoms with Crippen molar-refractivity contribution in [3.8, 4) is 0 Å². The molecule has 0 aromatic heterocycles. The molecular weight excluding hydrogens is 244 g/mol. The molecule has 108 valence electrons. The smallest absolute Gasteiger partial charge is 0.303 e. The van der Waals surface area contributed by atoms with Crippen LogP contribution in [0.2, 0.25) is 0 Å². The van der Waals surface area contributed by atoms with E-state index in [-0.39, 0.29) is 17.8 Å². The van der Waals surface area contributed by atoms with Crippen molar-refractivity contribution in [2.24, 2.45) is 11.8 Å². The second kappa shape index (κ2) is 4.45. The predicted molar refractivity (Wildman–Crippen MR) is 69.4 cm³/mol. The van der Waals surface area contributed by atoms with Crippen LogP contribution in [-0.4, -0.2) is 33.5 Å². The lowest BCUT2D eigenvalue weighted by atomic mass is 9.44. The molecule has 19 heavy (non-hydrogen) atoms. The van der Waals surface area contributed by atoms with Gasteiger partial charge in [0.15, 0.2) is 0 Å². The van der Waals surface area contributed by atoms with E-state index in [0.717, 1.165) is 44.9 Å². The van der Waals surface area contributed by atoms with E-state index >= 15 is 0 Å². The summed E-state index contributed by atoms with van der Waals surface area (Å²) in [6.07, 6.45) is 6.61. The average molecular weight is 268 g/mol. The van der Waals surface area contributed by atoms with Gasteiger partial charge in [-0.1, -0.05) is 19.3 Å². The van der Waals surface area contributed by atoms with Gasteiger partial charge in [0, 0.05) is 18.8 Å². The zero-order valence-electron chi connectivity index (χ0n) is 11.6. The normalized spacial score (nSPS) is 49.3. The molecule has 5 atom stereocenters. The summed E-state index contributed by atoms with van der Waals surface area (Å²) in [5.41, 5.74) is -1.52. The second-order valence-corrected chi connectivity index (χ2v) is 6.59. The third-order valence-electron chi connectivity index (χ3n) is 5.69. The lowest BCUT2D eigenvalue weighted by Gasteiger charge is -2.67. The van der Waals surface area contributed by atoms with Crippen molar-refractivity contribution in [3.05, 3.63) is 0 Å². The lowest BCUT2D eigenvalue weighted by molar-refractivity contribution is -0.333. The van der Waals surface area contributed by atoms with E-state index in [0.29, 0.717) is 6.42 Å². The molecule has 4 unspecified atom stereocenters. The fourth-order valence-corrected chi connectivity index (χ4v) is 5.06. The molecular formula is C15H24O4. The highest BCUT2D eigenvalue weighted by atomic mass is 16.6. The molecule has 4 heteroatoms. The fraction of sp³-hybridized carbons (Fsp3) is 0.933. The van der Waals surface area contributed by atoms with Gasteiger partial charge in [0.05, 0.1) is 6.10 Å². The number of hydrogen-bond acceptors (Lipinski definition) is 4. The number of rotatable bonds is 1. The fourth-order valence-electron chi connectivity index (χ4n) is 5.06. The predicted octanol–water partition coefficient (Wildman–Crippen LogP) is 1.77. The van der Waals surface area contributed by atoms with Crippen LogP contribution in [0, 0.1) is 11.8 Å². The SMILES string of the molecule is CC(=O)O[C@]12CCCCC1C1(O)C(O)CCCCC12. The number of ether oxygens (including phenoxy) is 1. The lowest BCUT2D eigenvalue weighted by Crippen LogP contribution is -2.79. The van der Waals surface area contributed by atoms with E-state index in [9.17, 15) is 15.0 Å². The van der Waals surface area contributed by atoms with Gasteiger partial charge in [-0.15, -0.1) is 0 Å². The zero-order valence-corrected chi connectivity index (χ0v) is 11.6. The molecule has 3 aliphatic carbocycles. The summed E-state index contributed by atoms with van der Waals surface area (Å²) in [4.78, 5) is 11.5. The zero-order chi connectivity index (χ0) is 13.7. The Kier molecular flexibility index (Phi) is 3.13. The molecule has 0 radical (unpaired) electrons. The van der Waals surface area contributed by atoms with Gasteiger partial charge >= 0.3 is 5.97 Å². The molecule has 0 aliphatic heterocycles. The molecule has 2 N–H and O–H groups in total. The van der Waals surface area contributed by atoms with Crippen LogP contribution in [0.1, 0.15) is 58.3 Å². The molecule has 0 aromatic carbocycles. The number of hydrogen-bond donors (Lipinski definition) is 2. The highest BCUT2D eigenvalue weighted by Crippen LogP contribution is 2.64. The number of esters is 1. The molecule has 3 fully saturated rings. The van der Waals surface area contributed by atoms with Gasteiger partial charge in [-0.25, -0.2) is 0 Å². The highest BCUT2D eigenvalue weighted by molar-refractivity contribution is 5.67. The number of aliphatic hydroxyl groups is 2. The minimum Gasteiger partial charge on any atom is -0.458 e. The molecule has 3 rings (SSSR count). The molecule has 4 nitrogen and oxygen atoms in total. The first-order chi connectivity index (χ1) is 9.02. The van der Waals surface area contributed by atoms with Gasteiger partial charge in [-0.2, -0.15) is 0 Å². The maximum Gasteiger partial charge on any atom is 0.303 e. The minimum absolute atomic E-state index is 0.0734. The van der Waals surface area contributed by atoms with E-state index < -0.39 is 17.3 Å². The summed E-state index contributed by atoms with van der Waals surface area (Å²) in [7, 11) is 0. The van der Waals surface area contributed by atoms with Crippen LogP contribution in [0.3, 0.4) is 0 Å². The Bertz CT molecular complexity index is 382. The van der Waals surface area contributed by atoms with Crippen LogP contribution in [0.5, 0.6) is 0 Å². The molecule has 0 amide bonds.